The Balaban J connectivity index is 1.92. The SMILES string of the molecule is C/C(=C\CNc1ncnc2nc[nH]c12)COP(O)(O)=S. The highest BCUT2D eigenvalue weighted by Crippen LogP contribution is 2.36. The maximum Gasteiger partial charge on any atom is 0.322 e. The molecular formula is C10H14N5O3PS. The lowest BCUT2D eigenvalue weighted by molar-refractivity contribution is 0.272. The van der Waals surface area contributed by atoms with Crippen molar-refractivity contribution in [1.82, 2.24) is 19.9 Å². The van der Waals surface area contributed by atoms with Gasteiger partial charge in [0, 0.05) is 6.54 Å². The summed E-state index contributed by atoms with van der Waals surface area (Å²) in [5.74, 6) is 0.645. The van der Waals surface area contributed by atoms with E-state index in [1.54, 1.807) is 13.3 Å². The van der Waals surface area contributed by atoms with Gasteiger partial charge in [-0.05, 0) is 24.3 Å². The largest absolute Gasteiger partial charge is 0.365 e. The van der Waals surface area contributed by atoms with Gasteiger partial charge in [0.2, 0.25) is 0 Å². The molecule has 0 unspecified atom stereocenters. The minimum Gasteiger partial charge on any atom is -0.365 e. The van der Waals surface area contributed by atoms with Crippen LogP contribution < -0.4 is 5.32 Å². The number of aromatic amines is 1. The van der Waals surface area contributed by atoms with Crippen LogP contribution in [0.3, 0.4) is 0 Å². The molecule has 0 radical (unpaired) electrons. The summed E-state index contributed by atoms with van der Waals surface area (Å²) in [7, 11) is 0. The fourth-order valence-electron chi connectivity index (χ4n) is 1.47. The third kappa shape index (κ3) is 4.32. The minimum absolute atomic E-state index is 0.0786. The number of imidazole rings is 1. The van der Waals surface area contributed by atoms with Gasteiger partial charge in [-0.2, -0.15) is 0 Å². The van der Waals surface area contributed by atoms with Crippen LogP contribution in [0.5, 0.6) is 0 Å². The fraction of sp³-hybridized carbons (Fsp3) is 0.300. The smallest absolute Gasteiger partial charge is 0.322 e. The summed E-state index contributed by atoms with van der Waals surface area (Å²) in [6, 6.07) is 0. The van der Waals surface area contributed by atoms with Crippen LogP contribution in [0.2, 0.25) is 0 Å². The number of hydrogen-bond acceptors (Lipinski definition) is 6. The molecule has 0 bridgehead atoms. The van der Waals surface area contributed by atoms with Crippen molar-refractivity contribution in [3.8, 4) is 0 Å². The zero-order valence-electron chi connectivity index (χ0n) is 10.6. The summed E-state index contributed by atoms with van der Waals surface area (Å²) in [4.78, 5) is 33.0. The van der Waals surface area contributed by atoms with Crippen molar-refractivity contribution < 1.29 is 14.3 Å². The van der Waals surface area contributed by atoms with Gasteiger partial charge in [-0.3, -0.25) is 0 Å². The predicted octanol–water partition coefficient (Wildman–Crippen LogP) is 0.937. The minimum atomic E-state index is -3.60. The van der Waals surface area contributed by atoms with E-state index in [2.05, 4.69) is 37.1 Å². The number of nitrogens with zero attached hydrogens (tertiary/aromatic N) is 3. The number of nitrogens with one attached hydrogen (secondary N) is 2. The Morgan fingerprint density at radius 3 is 3.05 bits per heavy atom. The molecule has 0 saturated carbocycles. The average molecular weight is 315 g/mol. The molecule has 108 valence electrons. The Labute approximate surface area is 120 Å². The van der Waals surface area contributed by atoms with Crippen molar-refractivity contribution in [3.63, 3.8) is 0 Å². The summed E-state index contributed by atoms with van der Waals surface area (Å²) in [5, 5.41) is 3.11. The molecule has 2 aromatic heterocycles. The number of rotatable bonds is 6. The van der Waals surface area contributed by atoms with Crippen LogP contribution in [-0.2, 0) is 16.3 Å². The van der Waals surface area contributed by atoms with Gasteiger partial charge < -0.3 is 24.6 Å². The van der Waals surface area contributed by atoms with Crippen molar-refractivity contribution in [2.24, 2.45) is 0 Å². The normalized spacial score (nSPS) is 12.8. The summed E-state index contributed by atoms with van der Waals surface area (Å²) < 4.78 is 4.75. The third-order valence-corrected chi connectivity index (χ3v) is 3.19. The Hall–Kier alpha value is -1.38. The van der Waals surface area contributed by atoms with Crippen LogP contribution in [-0.4, -0.2) is 42.9 Å². The zero-order chi connectivity index (χ0) is 14.6. The number of H-pyrrole nitrogens is 1. The number of fused-ring (bicyclic) bond motifs is 1. The highest BCUT2D eigenvalue weighted by molar-refractivity contribution is 8.06. The van der Waals surface area contributed by atoms with Gasteiger partial charge in [-0.25, -0.2) is 15.0 Å². The van der Waals surface area contributed by atoms with Gasteiger partial charge in [-0.15, -0.1) is 0 Å². The van der Waals surface area contributed by atoms with Gasteiger partial charge in [0.15, 0.2) is 11.5 Å². The van der Waals surface area contributed by atoms with Crippen molar-refractivity contribution >= 4 is 35.5 Å². The fourth-order valence-corrected chi connectivity index (χ4v) is 2.00. The molecule has 2 aromatic rings. The first-order chi connectivity index (χ1) is 9.46. The van der Waals surface area contributed by atoms with Gasteiger partial charge in [0.1, 0.15) is 11.8 Å². The van der Waals surface area contributed by atoms with Gasteiger partial charge in [0.05, 0.1) is 12.9 Å². The molecule has 4 N–H and O–H groups in total. The van der Waals surface area contributed by atoms with E-state index in [-0.39, 0.29) is 6.61 Å². The first kappa shape index (κ1) is 15.0. The summed E-state index contributed by atoms with van der Waals surface area (Å²) in [6.07, 6.45) is 4.82. The molecule has 8 nitrogen and oxygen atoms in total. The van der Waals surface area contributed by atoms with E-state index in [1.165, 1.54) is 6.33 Å². The first-order valence-electron chi connectivity index (χ1n) is 5.69. The van der Waals surface area contributed by atoms with Crippen molar-refractivity contribution in [3.05, 3.63) is 24.3 Å². The monoisotopic (exact) mass is 315 g/mol. The first-order valence-corrected chi connectivity index (χ1v) is 8.32. The molecule has 0 spiro atoms. The second-order valence-corrected chi connectivity index (χ2v) is 6.69. The third-order valence-electron chi connectivity index (χ3n) is 2.40. The van der Waals surface area contributed by atoms with Crippen molar-refractivity contribution in [2.75, 3.05) is 18.5 Å². The number of hydrogen-bond donors (Lipinski definition) is 4. The Kier molecular flexibility index (Phi) is 4.79. The Morgan fingerprint density at radius 2 is 2.30 bits per heavy atom. The molecule has 0 atom stereocenters. The van der Waals surface area contributed by atoms with Crippen LogP contribution in [0.4, 0.5) is 5.82 Å². The quantitative estimate of drug-likeness (QED) is 0.460. The van der Waals surface area contributed by atoms with Crippen LogP contribution in [0, 0.1) is 0 Å². The van der Waals surface area contributed by atoms with E-state index in [0.29, 0.717) is 18.0 Å². The maximum atomic E-state index is 8.95. The van der Waals surface area contributed by atoms with Gasteiger partial charge in [0.25, 0.3) is 0 Å². The number of anilines is 1. The van der Waals surface area contributed by atoms with E-state index in [4.69, 9.17) is 14.3 Å². The Bertz CT molecular complexity index is 668. The molecule has 0 aliphatic carbocycles. The van der Waals surface area contributed by atoms with E-state index in [9.17, 15) is 0 Å². The second-order valence-electron chi connectivity index (χ2n) is 4.02. The van der Waals surface area contributed by atoms with Crippen LogP contribution >= 0.6 is 6.72 Å². The van der Waals surface area contributed by atoms with E-state index in [1.807, 2.05) is 6.08 Å². The molecule has 20 heavy (non-hydrogen) atoms. The molecule has 2 rings (SSSR count). The second kappa shape index (κ2) is 6.38. The summed E-state index contributed by atoms with van der Waals surface area (Å²) in [6.45, 7) is -1.21. The predicted molar refractivity (Wildman–Crippen MR) is 78.6 cm³/mol. The van der Waals surface area contributed by atoms with Crippen LogP contribution in [0.15, 0.2) is 24.3 Å². The lowest BCUT2D eigenvalue weighted by atomic mass is 10.3. The lowest BCUT2D eigenvalue weighted by Crippen LogP contribution is -2.04. The summed E-state index contributed by atoms with van der Waals surface area (Å²) in [5.41, 5.74) is 2.15. The molecule has 0 aliphatic rings. The molecule has 2 heterocycles. The van der Waals surface area contributed by atoms with E-state index in [0.717, 1.165) is 11.1 Å². The maximum absolute atomic E-state index is 8.95. The zero-order valence-corrected chi connectivity index (χ0v) is 12.4. The summed E-state index contributed by atoms with van der Waals surface area (Å²) >= 11 is 4.36. The van der Waals surface area contributed by atoms with Crippen LogP contribution in [0.1, 0.15) is 6.92 Å². The van der Waals surface area contributed by atoms with Gasteiger partial charge >= 0.3 is 6.72 Å². The molecule has 0 aliphatic heterocycles. The van der Waals surface area contributed by atoms with E-state index < -0.39 is 6.72 Å². The molecular weight excluding hydrogens is 301 g/mol. The molecule has 10 heteroatoms. The van der Waals surface area contributed by atoms with Crippen molar-refractivity contribution in [2.45, 2.75) is 6.92 Å². The molecule has 0 fully saturated rings. The highest BCUT2D eigenvalue weighted by Gasteiger charge is 2.07. The standard InChI is InChI=1S/C10H14N5O3PS/c1-7(4-18-19(16,17)20)2-3-11-9-8-10(13-5-12-8)15-6-14-9/h2,5-6H,3-4H2,1H3,(H2,16,17,20)(H2,11,12,13,14,15)/b7-2+. The van der Waals surface area contributed by atoms with Crippen molar-refractivity contribution in [1.29, 1.82) is 0 Å². The highest BCUT2D eigenvalue weighted by atomic mass is 32.5. The van der Waals surface area contributed by atoms with E-state index >= 15 is 0 Å². The molecule has 0 aromatic carbocycles. The molecule has 0 amide bonds. The van der Waals surface area contributed by atoms with Crippen LogP contribution in [0.25, 0.3) is 11.2 Å². The molecule has 0 saturated heterocycles. The lowest BCUT2D eigenvalue weighted by Gasteiger charge is -2.08. The Morgan fingerprint density at radius 1 is 1.50 bits per heavy atom. The van der Waals surface area contributed by atoms with Gasteiger partial charge in [-0.1, -0.05) is 6.08 Å². The average Bonchev–Trinajstić information content (AvgIpc) is 2.84. The number of aromatic nitrogens is 4. The topological polar surface area (TPSA) is 116 Å².